The number of carbonyl (C=O) groups is 1. The first-order valence-electron chi connectivity index (χ1n) is 7.23. The highest BCUT2D eigenvalue weighted by Crippen LogP contribution is 2.28. The molecule has 6 heteroatoms. The van der Waals surface area contributed by atoms with Crippen LogP contribution in [0.2, 0.25) is 0 Å². The van der Waals surface area contributed by atoms with Crippen molar-refractivity contribution in [3.63, 3.8) is 0 Å². The molecule has 1 heterocycles. The molecule has 0 radical (unpaired) electrons. The Kier molecular flexibility index (Phi) is 4.84. The summed E-state index contributed by atoms with van der Waals surface area (Å²) in [6.07, 6.45) is 6.43. The Morgan fingerprint density at radius 1 is 1.11 bits per heavy atom. The van der Waals surface area contributed by atoms with Crippen LogP contribution in [0.3, 0.4) is 0 Å². The smallest absolute Gasteiger partial charge is 0.217 e. The van der Waals surface area contributed by atoms with Crippen LogP contribution in [0.15, 0.2) is 0 Å². The molecule has 0 aromatic rings. The topological polar surface area (TPSA) is 80.5 Å². The van der Waals surface area contributed by atoms with Crippen LogP contribution in [0.1, 0.15) is 44.9 Å². The summed E-state index contributed by atoms with van der Waals surface area (Å²) in [4.78, 5) is 11.0. The maximum atomic E-state index is 12.4. The number of piperidine rings is 1. The van der Waals surface area contributed by atoms with E-state index in [1.165, 1.54) is 0 Å². The third-order valence-corrected chi connectivity index (χ3v) is 6.30. The summed E-state index contributed by atoms with van der Waals surface area (Å²) in [7, 11) is -3.15. The van der Waals surface area contributed by atoms with Gasteiger partial charge in [0.2, 0.25) is 15.9 Å². The standard InChI is InChI=1S/C13H24N2O3S/c14-13(16)8-12-6-3-7-15(9-12)19(17,18)10-11-4-1-2-5-11/h11-12H,1-10H2,(H2,14,16). The van der Waals surface area contributed by atoms with Gasteiger partial charge >= 0.3 is 0 Å². The normalized spacial score (nSPS) is 26.6. The van der Waals surface area contributed by atoms with Gasteiger partial charge in [-0.1, -0.05) is 12.8 Å². The summed E-state index contributed by atoms with van der Waals surface area (Å²) >= 11 is 0. The van der Waals surface area contributed by atoms with Crippen molar-refractivity contribution in [3.05, 3.63) is 0 Å². The van der Waals surface area contributed by atoms with Crippen molar-refractivity contribution in [1.82, 2.24) is 4.31 Å². The van der Waals surface area contributed by atoms with Gasteiger partial charge in [0, 0.05) is 19.5 Å². The molecule has 5 nitrogen and oxygen atoms in total. The van der Waals surface area contributed by atoms with E-state index in [0.717, 1.165) is 38.5 Å². The molecule has 0 spiro atoms. The molecule has 1 atom stereocenters. The summed E-state index contributed by atoms with van der Waals surface area (Å²) in [5.41, 5.74) is 5.20. The van der Waals surface area contributed by atoms with Crippen LogP contribution in [-0.2, 0) is 14.8 Å². The van der Waals surface area contributed by atoms with E-state index in [1.54, 1.807) is 4.31 Å². The van der Waals surface area contributed by atoms with E-state index in [9.17, 15) is 13.2 Å². The average Bonchev–Trinajstić information content (AvgIpc) is 2.80. The Hall–Kier alpha value is -0.620. The molecule has 2 fully saturated rings. The number of sulfonamides is 1. The van der Waals surface area contributed by atoms with E-state index in [1.807, 2.05) is 0 Å². The number of carbonyl (C=O) groups excluding carboxylic acids is 1. The van der Waals surface area contributed by atoms with Crippen LogP contribution in [0.4, 0.5) is 0 Å². The summed E-state index contributed by atoms with van der Waals surface area (Å²) in [6, 6.07) is 0. The minimum Gasteiger partial charge on any atom is -0.370 e. The lowest BCUT2D eigenvalue weighted by Crippen LogP contribution is -2.42. The molecular formula is C13H24N2O3S. The monoisotopic (exact) mass is 288 g/mol. The third kappa shape index (κ3) is 4.18. The van der Waals surface area contributed by atoms with Gasteiger partial charge in [-0.15, -0.1) is 0 Å². The van der Waals surface area contributed by atoms with Crippen LogP contribution in [0.25, 0.3) is 0 Å². The van der Waals surface area contributed by atoms with Crippen LogP contribution < -0.4 is 5.73 Å². The molecule has 2 N–H and O–H groups in total. The SMILES string of the molecule is NC(=O)CC1CCCN(S(=O)(=O)CC2CCCC2)C1. The summed E-state index contributed by atoms with van der Waals surface area (Å²) in [5, 5.41) is 0. The number of primary amides is 1. The maximum absolute atomic E-state index is 12.4. The van der Waals surface area contributed by atoms with E-state index in [0.29, 0.717) is 25.4 Å². The first kappa shape index (κ1) is 14.8. The maximum Gasteiger partial charge on any atom is 0.217 e. The van der Waals surface area contributed by atoms with Crippen molar-refractivity contribution in [2.75, 3.05) is 18.8 Å². The van der Waals surface area contributed by atoms with Crippen LogP contribution in [0, 0.1) is 11.8 Å². The van der Waals surface area contributed by atoms with Gasteiger partial charge in [0.25, 0.3) is 0 Å². The van der Waals surface area contributed by atoms with Crippen molar-refractivity contribution >= 4 is 15.9 Å². The number of rotatable bonds is 5. The second-order valence-electron chi connectivity index (χ2n) is 5.97. The summed E-state index contributed by atoms with van der Waals surface area (Å²) < 4.78 is 26.4. The fourth-order valence-corrected chi connectivity index (χ4v) is 5.30. The van der Waals surface area contributed by atoms with Crippen molar-refractivity contribution in [3.8, 4) is 0 Å². The van der Waals surface area contributed by atoms with E-state index in [4.69, 9.17) is 5.73 Å². The number of nitrogens with zero attached hydrogens (tertiary/aromatic N) is 1. The van der Waals surface area contributed by atoms with Crippen molar-refractivity contribution in [2.24, 2.45) is 17.6 Å². The average molecular weight is 288 g/mol. The Morgan fingerprint density at radius 3 is 2.37 bits per heavy atom. The molecule has 2 rings (SSSR count). The minimum absolute atomic E-state index is 0.101. The molecule has 0 aromatic carbocycles. The fraction of sp³-hybridized carbons (Fsp3) is 0.923. The van der Waals surface area contributed by atoms with Gasteiger partial charge in [0.1, 0.15) is 0 Å². The number of amides is 1. The molecule has 19 heavy (non-hydrogen) atoms. The quantitative estimate of drug-likeness (QED) is 0.822. The van der Waals surface area contributed by atoms with Gasteiger partial charge in [0.15, 0.2) is 0 Å². The molecule has 1 unspecified atom stereocenters. The van der Waals surface area contributed by atoms with Crippen LogP contribution in [0.5, 0.6) is 0 Å². The van der Waals surface area contributed by atoms with Gasteiger partial charge < -0.3 is 5.73 Å². The van der Waals surface area contributed by atoms with Gasteiger partial charge in [-0.2, -0.15) is 0 Å². The molecular weight excluding hydrogens is 264 g/mol. The highest BCUT2D eigenvalue weighted by Gasteiger charge is 2.32. The van der Waals surface area contributed by atoms with Gasteiger partial charge in [-0.05, 0) is 37.5 Å². The highest BCUT2D eigenvalue weighted by atomic mass is 32.2. The lowest BCUT2D eigenvalue weighted by molar-refractivity contribution is -0.119. The zero-order chi connectivity index (χ0) is 13.9. The molecule has 110 valence electrons. The lowest BCUT2D eigenvalue weighted by atomic mass is 9.96. The molecule has 1 saturated carbocycles. The summed E-state index contributed by atoms with van der Waals surface area (Å²) in [6.45, 7) is 1.07. The second kappa shape index (κ2) is 6.22. The predicted octanol–water partition coefficient (Wildman–Crippen LogP) is 1.09. The zero-order valence-electron chi connectivity index (χ0n) is 11.4. The Bertz CT molecular complexity index is 416. The van der Waals surface area contributed by atoms with E-state index in [2.05, 4.69) is 0 Å². The van der Waals surface area contributed by atoms with Gasteiger partial charge in [-0.3, -0.25) is 4.79 Å². The zero-order valence-corrected chi connectivity index (χ0v) is 12.2. The van der Waals surface area contributed by atoms with E-state index < -0.39 is 10.0 Å². The summed E-state index contributed by atoms with van der Waals surface area (Å²) in [5.74, 6) is 0.391. The Balaban J connectivity index is 1.93. The molecule has 1 saturated heterocycles. The van der Waals surface area contributed by atoms with Crippen molar-refractivity contribution in [1.29, 1.82) is 0 Å². The number of nitrogens with two attached hydrogens (primary N) is 1. The Labute approximate surface area is 115 Å². The minimum atomic E-state index is -3.15. The second-order valence-corrected chi connectivity index (χ2v) is 7.98. The number of hydrogen-bond donors (Lipinski definition) is 1. The Morgan fingerprint density at radius 2 is 1.74 bits per heavy atom. The first-order valence-corrected chi connectivity index (χ1v) is 8.84. The lowest BCUT2D eigenvalue weighted by Gasteiger charge is -2.32. The molecule has 1 aliphatic carbocycles. The third-order valence-electron chi connectivity index (χ3n) is 4.29. The molecule has 1 amide bonds. The number of hydrogen-bond acceptors (Lipinski definition) is 3. The van der Waals surface area contributed by atoms with Crippen LogP contribution in [-0.4, -0.2) is 37.5 Å². The van der Waals surface area contributed by atoms with E-state index in [-0.39, 0.29) is 17.6 Å². The van der Waals surface area contributed by atoms with Crippen molar-refractivity contribution < 1.29 is 13.2 Å². The predicted molar refractivity (Wildman–Crippen MR) is 73.9 cm³/mol. The van der Waals surface area contributed by atoms with Crippen LogP contribution >= 0.6 is 0 Å². The highest BCUT2D eigenvalue weighted by molar-refractivity contribution is 7.89. The first-order chi connectivity index (χ1) is 8.97. The van der Waals surface area contributed by atoms with E-state index >= 15 is 0 Å². The largest absolute Gasteiger partial charge is 0.370 e. The van der Waals surface area contributed by atoms with Gasteiger partial charge in [0.05, 0.1) is 5.75 Å². The molecule has 1 aliphatic heterocycles. The molecule has 0 aromatic heterocycles. The molecule has 0 bridgehead atoms. The fourth-order valence-electron chi connectivity index (χ4n) is 3.31. The van der Waals surface area contributed by atoms with Crippen molar-refractivity contribution in [2.45, 2.75) is 44.9 Å². The molecule has 2 aliphatic rings. The van der Waals surface area contributed by atoms with Gasteiger partial charge in [-0.25, -0.2) is 12.7 Å².